The second-order valence-corrected chi connectivity index (χ2v) is 7.28. The molecule has 0 unspecified atom stereocenters. The summed E-state index contributed by atoms with van der Waals surface area (Å²) in [6.07, 6.45) is 1.63. The van der Waals surface area contributed by atoms with Gasteiger partial charge in [-0.25, -0.2) is 8.42 Å². The minimum absolute atomic E-state index is 0.00327. The van der Waals surface area contributed by atoms with E-state index in [2.05, 4.69) is 14.9 Å². The van der Waals surface area contributed by atoms with Gasteiger partial charge in [-0.1, -0.05) is 23.7 Å². The number of sulfonamides is 1. The lowest BCUT2D eigenvalue weighted by atomic mass is 10.2. The quantitative estimate of drug-likeness (QED) is 0.721. The number of H-pyrrole nitrogens is 1. The predicted octanol–water partition coefficient (Wildman–Crippen LogP) is 3.72. The van der Waals surface area contributed by atoms with Gasteiger partial charge in [0.25, 0.3) is 10.0 Å². The van der Waals surface area contributed by atoms with Gasteiger partial charge in [0, 0.05) is 10.4 Å². The lowest BCUT2D eigenvalue weighted by molar-refractivity contribution is 0.331. The summed E-state index contributed by atoms with van der Waals surface area (Å²) in [4.78, 5) is -0.00327. The number of nitrogens with zero attached hydrogens (tertiary/aromatic N) is 1. The van der Waals surface area contributed by atoms with Crippen LogP contribution in [0.25, 0.3) is 10.9 Å². The minimum atomic E-state index is -3.88. The Bertz CT molecular complexity index is 999. The Morgan fingerprint density at radius 3 is 2.88 bits per heavy atom. The molecule has 0 aliphatic rings. The first-order valence-corrected chi connectivity index (χ1v) is 9.16. The Hall–Kier alpha value is -2.25. The smallest absolute Gasteiger partial charge is 0.265 e. The number of ether oxygens (including phenoxy) is 1. The molecule has 0 aliphatic heterocycles. The molecule has 0 atom stereocenters. The van der Waals surface area contributed by atoms with Crippen molar-refractivity contribution in [2.24, 2.45) is 0 Å². The van der Waals surface area contributed by atoms with Gasteiger partial charge in [-0.2, -0.15) is 5.10 Å². The van der Waals surface area contributed by atoms with Crippen molar-refractivity contribution < 1.29 is 13.2 Å². The number of aryl methyl sites for hydroxylation is 1. The highest BCUT2D eigenvalue weighted by atomic mass is 35.5. The van der Waals surface area contributed by atoms with E-state index < -0.39 is 10.0 Å². The number of anilines is 1. The van der Waals surface area contributed by atoms with Crippen molar-refractivity contribution in [1.82, 2.24) is 10.2 Å². The molecule has 24 heavy (non-hydrogen) atoms. The molecule has 0 bridgehead atoms. The van der Waals surface area contributed by atoms with Crippen LogP contribution in [0.5, 0.6) is 5.75 Å². The van der Waals surface area contributed by atoms with E-state index in [0.29, 0.717) is 22.8 Å². The molecule has 6 nitrogen and oxygen atoms in total. The molecular weight excluding hydrogens is 350 g/mol. The van der Waals surface area contributed by atoms with Gasteiger partial charge in [-0.3, -0.25) is 9.82 Å². The van der Waals surface area contributed by atoms with Crippen LogP contribution >= 0.6 is 11.6 Å². The highest BCUT2D eigenvalue weighted by Crippen LogP contribution is 2.32. The first kappa shape index (κ1) is 16.6. The lowest BCUT2D eigenvalue weighted by Crippen LogP contribution is -2.15. The van der Waals surface area contributed by atoms with Crippen LogP contribution in [0.1, 0.15) is 12.5 Å². The molecule has 0 fully saturated rings. The van der Waals surface area contributed by atoms with Gasteiger partial charge in [0.2, 0.25) is 0 Å². The number of halogens is 1. The molecule has 3 rings (SSSR count). The van der Waals surface area contributed by atoms with Crippen molar-refractivity contribution in [3.05, 3.63) is 47.1 Å². The highest BCUT2D eigenvalue weighted by molar-refractivity contribution is 7.92. The zero-order valence-corrected chi connectivity index (χ0v) is 14.7. The van der Waals surface area contributed by atoms with Gasteiger partial charge in [-0.15, -0.1) is 0 Å². The number of rotatable bonds is 5. The summed E-state index contributed by atoms with van der Waals surface area (Å²) in [7, 11) is -3.88. The zero-order chi connectivity index (χ0) is 17.3. The normalized spacial score (nSPS) is 11.6. The zero-order valence-electron chi connectivity index (χ0n) is 13.1. The van der Waals surface area contributed by atoms with E-state index in [4.69, 9.17) is 16.3 Å². The van der Waals surface area contributed by atoms with E-state index in [-0.39, 0.29) is 10.6 Å². The number of para-hydroxylation sites is 1. The topological polar surface area (TPSA) is 84.1 Å². The average Bonchev–Trinajstić information content (AvgIpc) is 3.00. The third kappa shape index (κ3) is 3.05. The maximum Gasteiger partial charge on any atom is 0.265 e. The SMILES string of the molecule is CCOc1cc(C)c(Cl)cc1S(=O)(=O)Nc1cccc2cn[nH]c12. The summed E-state index contributed by atoms with van der Waals surface area (Å²) >= 11 is 6.11. The number of nitrogens with one attached hydrogen (secondary N) is 2. The third-order valence-electron chi connectivity index (χ3n) is 3.54. The van der Waals surface area contributed by atoms with Crippen molar-refractivity contribution in [3.63, 3.8) is 0 Å². The molecular formula is C16H16ClN3O3S. The molecule has 3 aromatic rings. The molecule has 2 N–H and O–H groups in total. The van der Waals surface area contributed by atoms with E-state index in [0.717, 1.165) is 10.9 Å². The number of aromatic nitrogens is 2. The Balaban J connectivity index is 2.08. The van der Waals surface area contributed by atoms with Crippen molar-refractivity contribution in [2.75, 3.05) is 11.3 Å². The second-order valence-electron chi connectivity index (χ2n) is 5.23. The molecule has 8 heteroatoms. The van der Waals surface area contributed by atoms with E-state index >= 15 is 0 Å². The molecule has 1 aromatic heterocycles. The lowest BCUT2D eigenvalue weighted by Gasteiger charge is -2.14. The average molecular weight is 366 g/mol. The van der Waals surface area contributed by atoms with Crippen LogP contribution in [-0.2, 0) is 10.0 Å². The van der Waals surface area contributed by atoms with Crippen LogP contribution in [0.15, 0.2) is 41.4 Å². The van der Waals surface area contributed by atoms with E-state index in [1.807, 2.05) is 6.07 Å². The summed E-state index contributed by atoms with van der Waals surface area (Å²) in [5.74, 6) is 0.267. The Labute approximate surface area is 144 Å². The summed E-state index contributed by atoms with van der Waals surface area (Å²) in [6.45, 7) is 3.93. The van der Waals surface area contributed by atoms with E-state index in [1.54, 1.807) is 38.2 Å². The molecule has 0 saturated heterocycles. The first-order valence-electron chi connectivity index (χ1n) is 7.30. The fourth-order valence-corrected chi connectivity index (χ4v) is 3.82. The van der Waals surface area contributed by atoms with Crippen LogP contribution < -0.4 is 9.46 Å². The van der Waals surface area contributed by atoms with Gasteiger partial charge in [0.1, 0.15) is 10.6 Å². The van der Waals surface area contributed by atoms with Crippen LogP contribution in [0.3, 0.4) is 0 Å². The minimum Gasteiger partial charge on any atom is -0.492 e. The van der Waals surface area contributed by atoms with Gasteiger partial charge in [-0.05, 0) is 37.6 Å². The molecule has 0 radical (unpaired) electrons. The van der Waals surface area contributed by atoms with Gasteiger partial charge in [0.05, 0.1) is 24.0 Å². The van der Waals surface area contributed by atoms with Crippen LogP contribution in [0, 0.1) is 6.92 Å². The van der Waals surface area contributed by atoms with Crippen LogP contribution in [-0.4, -0.2) is 25.2 Å². The van der Waals surface area contributed by atoms with Gasteiger partial charge in [0.15, 0.2) is 0 Å². The summed E-state index contributed by atoms with van der Waals surface area (Å²) in [6, 6.07) is 8.27. The largest absolute Gasteiger partial charge is 0.492 e. The molecule has 126 valence electrons. The first-order chi connectivity index (χ1) is 11.4. The molecule has 0 amide bonds. The summed E-state index contributed by atoms with van der Waals surface area (Å²) in [5, 5.41) is 7.89. The van der Waals surface area contributed by atoms with E-state index in [1.165, 1.54) is 6.07 Å². The maximum atomic E-state index is 12.8. The summed E-state index contributed by atoms with van der Waals surface area (Å²) < 4.78 is 33.7. The highest BCUT2D eigenvalue weighted by Gasteiger charge is 2.22. The van der Waals surface area contributed by atoms with E-state index in [9.17, 15) is 8.42 Å². The van der Waals surface area contributed by atoms with Crippen molar-refractivity contribution in [2.45, 2.75) is 18.7 Å². The number of benzene rings is 2. The maximum absolute atomic E-state index is 12.8. The molecule has 1 heterocycles. The second kappa shape index (κ2) is 6.33. The number of hydrogen-bond acceptors (Lipinski definition) is 4. The van der Waals surface area contributed by atoms with Crippen LogP contribution in [0.2, 0.25) is 5.02 Å². The standard InChI is InChI=1S/C16H16ClN3O3S/c1-3-23-14-7-10(2)12(17)8-15(14)24(21,22)20-13-6-4-5-11-9-18-19-16(11)13/h4-9,20H,3H2,1-2H3,(H,18,19). The number of aromatic amines is 1. The Morgan fingerprint density at radius 2 is 2.12 bits per heavy atom. The Kier molecular flexibility index (Phi) is 4.38. The predicted molar refractivity (Wildman–Crippen MR) is 94.3 cm³/mol. The molecule has 2 aromatic carbocycles. The number of hydrogen-bond donors (Lipinski definition) is 2. The molecule has 0 spiro atoms. The Morgan fingerprint density at radius 1 is 1.33 bits per heavy atom. The molecule has 0 saturated carbocycles. The molecule has 0 aliphatic carbocycles. The van der Waals surface area contributed by atoms with Crippen LogP contribution in [0.4, 0.5) is 5.69 Å². The number of fused-ring (bicyclic) bond motifs is 1. The van der Waals surface area contributed by atoms with Gasteiger partial charge >= 0.3 is 0 Å². The summed E-state index contributed by atoms with van der Waals surface area (Å²) in [5.41, 5.74) is 1.76. The van der Waals surface area contributed by atoms with Crippen molar-refractivity contribution >= 4 is 38.2 Å². The monoisotopic (exact) mass is 365 g/mol. The van der Waals surface area contributed by atoms with Crippen molar-refractivity contribution in [1.29, 1.82) is 0 Å². The third-order valence-corrected chi connectivity index (χ3v) is 5.33. The fraction of sp³-hybridized carbons (Fsp3) is 0.188. The van der Waals surface area contributed by atoms with Gasteiger partial charge < -0.3 is 4.74 Å². The fourth-order valence-electron chi connectivity index (χ4n) is 2.37. The van der Waals surface area contributed by atoms with Crippen molar-refractivity contribution in [3.8, 4) is 5.75 Å².